The molecule has 1 atom stereocenters. The number of carbonyl (C=O) groups is 1. The van der Waals surface area contributed by atoms with Crippen LogP contribution in [0.5, 0.6) is 5.75 Å². The van der Waals surface area contributed by atoms with E-state index in [1.165, 1.54) is 23.3 Å². The highest BCUT2D eigenvalue weighted by molar-refractivity contribution is 5.86. The van der Waals surface area contributed by atoms with Gasteiger partial charge in [-0.05, 0) is 82.8 Å². The van der Waals surface area contributed by atoms with E-state index in [4.69, 9.17) is 4.74 Å². The second-order valence-electron chi connectivity index (χ2n) is 11.3. The number of pyridine rings is 1. The molecule has 3 rings (SSSR count). The van der Waals surface area contributed by atoms with Gasteiger partial charge in [-0.25, -0.2) is 13.6 Å². The third kappa shape index (κ3) is 8.12. The van der Waals surface area contributed by atoms with Crippen molar-refractivity contribution in [2.24, 2.45) is 11.3 Å². The number of hydrogen-bond donors (Lipinski definition) is 2. The van der Waals surface area contributed by atoms with Crippen LogP contribution in [-0.2, 0) is 19.4 Å². The van der Waals surface area contributed by atoms with E-state index >= 15 is 0 Å². The highest BCUT2D eigenvalue weighted by Crippen LogP contribution is 2.44. The van der Waals surface area contributed by atoms with E-state index in [-0.39, 0.29) is 34.9 Å². The van der Waals surface area contributed by atoms with Crippen molar-refractivity contribution in [3.8, 4) is 5.75 Å². The molecule has 2 N–H and O–H groups in total. The molecule has 0 saturated carbocycles. The second-order valence-corrected chi connectivity index (χ2v) is 11.3. The topological polar surface area (TPSA) is 80.6 Å². The molecule has 0 bridgehead atoms. The minimum Gasteiger partial charge on any atom is -0.410 e. The molecular weight excluding hydrogens is 502 g/mol. The van der Waals surface area contributed by atoms with E-state index in [1.807, 2.05) is 0 Å². The fourth-order valence-electron chi connectivity index (χ4n) is 5.05. The van der Waals surface area contributed by atoms with Gasteiger partial charge in [0.05, 0.1) is 0 Å². The molecule has 0 aliphatic heterocycles. The molecule has 39 heavy (non-hydrogen) atoms. The number of benzene rings is 1. The van der Waals surface area contributed by atoms with E-state index in [2.05, 4.69) is 52.1 Å². The van der Waals surface area contributed by atoms with Gasteiger partial charge in [-0.3, -0.25) is 10.1 Å². The molecule has 1 aromatic heterocycles. The van der Waals surface area contributed by atoms with Gasteiger partial charge in [-0.1, -0.05) is 37.1 Å². The molecule has 0 saturated heterocycles. The number of anilines is 1. The van der Waals surface area contributed by atoms with Crippen molar-refractivity contribution in [3.63, 3.8) is 0 Å². The number of aromatic nitrogens is 1. The van der Waals surface area contributed by atoms with E-state index in [0.717, 1.165) is 42.7 Å². The van der Waals surface area contributed by atoms with Crippen molar-refractivity contribution < 1.29 is 23.4 Å². The van der Waals surface area contributed by atoms with E-state index in [0.29, 0.717) is 25.8 Å². The van der Waals surface area contributed by atoms with Crippen LogP contribution < -0.4 is 15.6 Å². The van der Waals surface area contributed by atoms with Gasteiger partial charge in [0.2, 0.25) is 0 Å². The number of aliphatic hydroxyl groups excluding tert-OH is 1. The van der Waals surface area contributed by atoms with Gasteiger partial charge in [-0.2, -0.15) is 0 Å². The van der Waals surface area contributed by atoms with Crippen LogP contribution in [-0.4, -0.2) is 22.4 Å². The van der Waals surface area contributed by atoms with Gasteiger partial charge in [0.25, 0.3) is 5.56 Å². The zero-order valence-electron chi connectivity index (χ0n) is 23.6. The number of halogens is 2. The number of hydrogen-bond acceptors (Lipinski definition) is 4. The highest BCUT2D eigenvalue weighted by Gasteiger charge is 2.38. The Kier molecular flexibility index (Phi) is 10.2. The van der Waals surface area contributed by atoms with Crippen LogP contribution >= 0.6 is 0 Å². The van der Waals surface area contributed by atoms with Gasteiger partial charge in [0, 0.05) is 42.2 Å². The Morgan fingerprint density at radius 2 is 1.92 bits per heavy atom. The maximum absolute atomic E-state index is 13.6. The first-order valence-corrected chi connectivity index (χ1v) is 13.5. The predicted octanol–water partition coefficient (Wildman–Crippen LogP) is 6.94. The number of amides is 1. The molecule has 1 unspecified atom stereocenters. The van der Waals surface area contributed by atoms with E-state index in [9.17, 15) is 23.5 Å². The summed E-state index contributed by atoms with van der Waals surface area (Å²) in [4.78, 5) is 25.8. The first kappa shape index (κ1) is 30.3. The Morgan fingerprint density at radius 3 is 2.59 bits per heavy atom. The quantitative estimate of drug-likeness (QED) is 0.319. The minimum atomic E-state index is -1.09. The molecule has 0 spiro atoms. The Hall–Kier alpha value is -3.26. The van der Waals surface area contributed by atoms with Crippen LogP contribution in [0.15, 0.2) is 52.4 Å². The maximum Gasteiger partial charge on any atom is 0.417 e. The number of fused-ring (bicyclic) bond motifs is 1. The molecule has 8 heteroatoms. The summed E-state index contributed by atoms with van der Waals surface area (Å²) in [5.74, 6) is -1.71. The van der Waals surface area contributed by atoms with Crippen molar-refractivity contribution in [1.29, 1.82) is 0 Å². The Bertz CT molecular complexity index is 1310. The summed E-state index contributed by atoms with van der Waals surface area (Å²) in [5, 5.41) is 11.8. The van der Waals surface area contributed by atoms with Gasteiger partial charge in [0.15, 0.2) is 11.6 Å². The summed E-state index contributed by atoms with van der Waals surface area (Å²) >= 11 is 0. The van der Waals surface area contributed by atoms with E-state index in [1.54, 1.807) is 4.57 Å². The molecule has 212 valence electrons. The molecular formula is C31H40F2N2O4. The largest absolute Gasteiger partial charge is 0.417 e. The Labute approximate surface area is 229 Å². The summed E-state index contributed by atoms with van der Waals surface area (Å²) in [7, 11) is 0. The van der Waals surface area contributed by atoms with Crippen molar-refractivity contribution >= 4 is 11.8 Å². The van der Waals surface area contributed by atoms with Crippen LogP contribution in [0.4, 0.5) is 19.3 Å². The number of rotatable bonds is 10. The lowest BCUT2D eigenvalue weighted by Gasteiger charge is -2.41. The normalized spacial score (nSPS) is 16.4. The summed E-state index contributed by atoms with van der Waals surface area (Å²) in [6, 6.07) is 4.31. The fraction of sp³-hybridized carbons (Fsp3) is 0.484. The van der Waals surface area contributed by atoms with Crippen LogP contribution in [0.3, 0.4) is 0 Å². The molecule has 1 aromatic carbocycles. The van der Waals surface area contributed by atoms with Crippen LogP contribution in [0.2, 0.25) is 0 Å². The number of aliphatic hydroxyl groups is 1. The fourth-order valence-corrected chi connectivity index (χ4v) is 5.05. The third-order valence-electron chi connectivity index (χ3n) is 7.42. The zero-order chi connectivity index (χ0) is 28.7. The van der Waals surface area contributed by atoms with Crippen molar-refractivity contribution in [3.05, 3.63) is 80.8 Å². The lowest BCUT2D eigenvalue weighted by molar-refractivity contribution is 0.182. The lowest BCUT2D eigenvalue weighted by atomic mass is 9.66. The van der Waals surface area contributed by atoms with Gasteiger partial charge in [0.1, 0.15) is 5.75 Å². The summed E-state index contributed by atoms with van der Waals surface area (Å²) in [6.07, 6.45) is 8.12. The number of nitrogens with one attached hydrogen (secondary N) is 1. The molecule has 0 radical (unpaired) electrons. The third-order valence-corrected chi connectivity index (χ3v) is 7.42. The molecule has 1 aliphatic carbocycles. The van der Waals surface area contributed by atoms with Crippen molar-refractivity contribution in [1.82, 2.24) is 4.57 Å². The predicted molar refractivity (Wildman–Crippen MR) is 150 cm³/mol. The zero-order valence-corrected chi connectivity index (χ0v) is 23.6. The maximum atomic E-state index is 13.6. The van der Waals surface area contributed by atoms with Crippen LogP contribution in [0.25, 0.3) is 0 Å². The average molecular weight is 543 g/mol. The molecule has 1 amide bonds. The summed E-state index contributed by atoms with van der Waals surface area (Å²) < 4.78 is 34.1. The molecule has 1 heterocycles. The van der Waals surface area contributed by atoms with Gasteiger partial charge < -0.3 is 14.4 Å². The minimum absolute atomic E-state index is 0.0387. The smallest absolute Gasteiger partial charge is 0.410 e. The molecule has 6 nitrogen and oxygen atoms in total. The average Bonchev–Trinajstić information content (AvgIpc) is 2.84. The summed E-state index contributed by atoms with van der Waals surface area (Å²) in [6.45, 7) is 11.0. The van der Waals surface area contributed by atoms with Crippen LogP contribution in [0, 0.1) is 23.0 Å². The number of ether oxygens (including phenoxy) is 1. The van der Waals surface area contributed by atoms with Crippen LogP contribution in [0.1, 0.15) is 71.6 Å². The van der Waals surface area contributed by atoms with Crippen molar-refractivity contribution in [2.75, 3.05) is 11.9 Å². The lowest BCUT2D eigenvalue weighted by Crippen LogP contribution is -2.38. The Balaban J connectivity index is 1.90. The molecule has 1 aliphatic rings. The Morgan fingerprint density at radius 1 is 1.18 bits per heavy atom. The van der Waals surface area contributed by atoms with Gasteiger partial charge in [-0.15, -0.1) is 0 Å². The molecule has 2 aromatic rings. The summed E-state index contributed by atoms with van der Waals surface area (Å²) in [5.41, 5.74) is 3.82. The van der Waals surface area contributed by atoms with Gasteiger partial charge >= 0.3 is 6.09 Å². The standard InChI is InChI=1S/C31H40F2N2O4/c1-20(2)8-6-9-21(3)10-11-22-16-24-27(19-31(22,4)5)35(14-7-15-36)29(37)18-28(24)39-30(38)34-23-12-13-25(32)26(33)17-23/h8,10,12-13,17-18,22,36H,6-7,9,11,14-16,19H2,1-5H3,(H,34,38)/b21-10+. The van der Waals surface area contributed by atoms with Crippen molar-refractivity contribution in [2.45, 2.75) is 79.7 Å². The molecule has 0 fully saturated rings. The first-order chi connectivity index (χ1) is 18.4. The highest BCUT2D eigenvalue weighted by atomic mass is 19.2. The first-order valence-electron chi connectivity index (χ1n) is 13.5. The monoisotopic (exact) mass is 542 g/mol. The second kappa shape index (κ2) is 13.2. The number of allylic oxidation sites excluding steroid dienone is 4. The van der Waals surface area contributed by atoms with E-state index < -0.39 is 17.7 Å². The number of nitrogens with zero attached hydrogens (tertiary/aromatic N) is 1. The number of carbonyl (C=O) groups excluding carboxylic acids is 1. The SMILES string of the molecule is CC(C)=CCC/C(C)=C/CC1Cc2c(OC(=O)Nc3ccc(F)c(F)c3)cc(=O)n(CCCO)c2CC1(C)C.